The maximum Gasteiger partial charge on any atom is 0.0545 e. The van der Waals surface area contributed by atoms with E-state index in [9.17, 15) is 0 Å². The van der Waals surface area contributed by atoms with Gasteiger partial charge in [0.05, 0.1) is 5.69 Å². The zero-order valence-electron chi connectivity index (χ0n) is 9.94. The van der Waals surface area contributed by atoms with Crippen molar-refractivity contribution in [3.05, 3.63) is 57.8 Å². The highest BCUT2D eigenvalue weighted by molar-refractivity contribution is 9.10. The van der Waals surface area contributed by atoms with Crippen molar-refractivity contribution < 1.29 is 0 Å². The lowest BCUT2D eigenvalue weighted by Gasteiger charge is -2.13. The fourth-order valence-electron chi connectivity index (χ4n) is 2.33. The Balaban J connectivity index is 1.72. The molecular formula is C14H14BrN3. The molecule has 0 saturated heterocycles. The first kappa shape index (κ1) is 11.7. The molecule has 18 heavy (non-hydrogen) atoms. The van der Waals surface area contributed by atoms with Crippen LogP contribution in [0.25, 0.3) is 0 Å². The van der Waals surface area contributed by atoms with E-state index in [-0.39, 0.29) is 0 Å². The van der Waals surface area contributed by atoms with Gasteiger partial charge in [-0.2, -0.15) is 0 Å². The van der Waals surface area contributed by atoms with E-state index in [1.54, 1.807) is 0 Å². The van der Waals surface area contributed by atoms with Crippen LogP contribution in [0.4, 0.5) is 5.69 Å². The Morgan fingerprint density at radius 3 is 2.78 bits per heavy atom. The summed E-state index contributed by atoms with van der Waals surface area (Å²) in [4.78, 5) is 6.78. The lowest BCUT2D eigenvalue weighted by atomic mass is 10.1. The van der Waals surface area contributed by atoms with Gasteiger partial charge < -0.3 is 5.73 Å². The van der Waals surface area contributed by atoms with E-state index in [0.717, 1.165) is 35.5 Å². The monoisotopic (exact) mass is 303 g/mol. The van der Waals surface area contributed by atoms with Crippen molar-refractivity contribution in [1.82, 2.24) is 9.88 Å². The molecule has 0 fully saturated rings. The highest BCUT2D eigenvalue weighted by Gasteiger charge is 2.19. The number of nitrogens with zero attached hydrogens (tertiary/aromatic N) is 2. The molecule has 0 bridgehead atoms. The topological polar surface area (TPSA) is 42.1 Å². The maximum absolute atomic E-state index is 5.81. The largest absolute Gasteiger partial charge is 0.399 e. The van der Waals surface area contributed by atoms with Gasteiger partial charge in [-0.15, -0.1) is 0 Å². The summed E-state index contributed by atoms with van der Waals surface area (Å²) < 4.78 is 1.02. The molecule has 2 aromatic rings. The lowest BCUT2D eigenvalue weighted by molar-refractivity contribution is 0.272. The summed E-state index contributed by atoms with van der Waals surface area (Å²) in [7, 11) is 0. The van der Waals surface area contributed by atoms with Crippen LogP contribution in [0.3, 0.4) is 0 Å². The number of nitrogens with two attached hydrogens (primary N) is 1. The number of hydrogen-bond donors (Lipinski definition) is 1. The molecule has 1 aliphatic heterocycles. The molecule has 1 aliphatic rings. The first-order valence-corrected chi connectivity index (χ1v) is 6.70. The van der Waals surface area contributed by atoms with Gasteiger partial charge in [0.15, 0.2) is 0 Å². The van der Waals surface area contributed by atoms with Crippen molar-refractivity contribution in [3.63, 3.8) is 0 Å². The number of nitrogen functional groups attached to an aromatic ring is 1. The van der Waals surface area contributed by atoms with Crippen LogP contribution in [0.1, 0.15) is 16.8 Å². The van der Waals surface area contributed by atoms with Crippen molar-refractivity contribution in [2.75, 3.05) is 5.73 Å². The molecule has 1 aromatic heterocycles. The van der Waals surface area contributed by atoms with Gasteiger partial charge in [0.1, 0.15) is 0 Å². The number of fused-ring (bicyclic) bond motifs is 1. The highest BCUT2D eigenvalue weighted by Crippen LogP contribution is 2.25. The Morgan fingerprint density at radius 2 is 2.00 bits per heavy atom. The van der Waals surface area contributed by atoms with Gasteiger partial charge in [-0.25, -0.2) is 0 Å². The maximum atomic E-state index is 5.81. The van der Waals surface area contributed by atoms with Crippen LogP contribution in [0.15, 0.2) is 41.0 Å². The van der Waals surface area contributed by atoms with Crippen molar-refractivity contribution >= 4 is 21.6 Å². The molecule has 3 rings (SSSR count). The van der Waals surface area contributed by atoms with Crippen LogP contribution >= 0.6 is 15.9 Å². The third-order valence-corrected chi connectivity index (χ3v) is 3.66. The number of halogens is 1. The molecule has 92 valence electrons. The van der Waals surface area contributed by atoms with Crippen molar-refractivity contribution in [2.24, 2.45) is 0 Å². The van der Waals surface area contributed by atoms with Crippen molar-refractivity contribution in [3.8, 4) is 0 Å². The van der Waals surface area contributed by atoms with Crippen LogP contribution in [0, 0.1) is 0 Å². The van der Waals surface area contributed by atoms with E-state index in [1.165, 1.54) is 11.1 Å². The molecule has 0 amide bonds. The summed E-state index contributed by atoms with van der Waals surface area (Å²) in [5.74, 6) is 0. The number of hydrogen-bond acceptors (Lipinski definition) is 3. The van der Waals surface area contributed by atoms with Crippen LogP contribution < -0.4 is 5.73 Å². The Kier molecular flexibility index (Phi) is 3.06. The first-order valence-electron chi connectivity index (χ1n) is 5.91. The van der Waals surface area contributed by atoms with Gasteiger partial charge in [-0.1, -0.05) is 6.07 Å². The second-order valence-corrected chi connectivity index (χ2v) is 5.56. The van der Waals surface area contributed by atoms with Crippen molar-refractivity contribution in [1.29, 1.82) is 0 Å². The molecular weight excluding hydrogens is 290 g/mol. The second-order valence-electron chi connectivity index (χ2n) is 4.64. The molecule has 1 aromatic carbocycles. The fraction of sp³-hybridized carbons (Fsp3) is 0.214. The third kappa shape index (κ3) is 2.40. The van der Waals surface area contributed by atoms with E-state index in [4.69, 9.17) is 5.73 Å². The lowest BCUT2D eigenvalue weighted by Crippen LogP contribution is -2.16. The van der Waals surface area contributed by atoms with E-state index < -0.39 is 0 Å². The Hall–Kier alpha value is -1.39. The molecule has 0 aliphatic carbocycles. The third-order valence-electron chi connectivity index (χ3n) is 3.19. The summed E-state index contributed by atoms with van der Waals surface area (Å²) in [5.41, 5.74) is 10.5. The quantitative estimate of drug-likeness (QED) is 0.867. The minimum absolute atomic E-state index is 0.845. The molecule has 4 heteroatoms. The SMILES string of the molecule is Nc1ccc2c(c1)CN(Cc1ccc(Br)cn1)C2. The molecule has 2 heterocycles. The number of rotatable bonds is 2. The number of aromatic nitrogens is 1. The first-order chi connectivity index (χ1) is 8.70. The van der Waals surface area contributed by atoms with Crippen molar-refractivity contribution in [2.45, 2.75) is 19.6 Å². The van der Waals surface area contributed by atoms with E-state index in [1.807, 2.05) is 18.3 Å². The molecule has 0 spiro atoms. The minimum atomic E-state index is 0.845. The summed E-state index contributed by atoms with van der Waals surface area (Å²) in [6.45, 7) is 2.81. The summed E-state index contributed by atoms with van der Waals surface area (Å²) in [6.07, 6.45) is 1.84. The molecule has 0 radical (unpaired) electrons. The standard InChI is InChI=1S/C14H14BrN3/c15-12-2-4-14(17-6-12)9-18-7-10-1-3-13(16)5-11(10)8-18/h1-6H,7-9,16H2. The molecule has 3 nitrogen and oxygen atoms in total. The van der Waals surface area contributed by atoms with E-state index >= 15 is 0 Å². The predicted octanol–water partition coefficient (Wildman–Crippen LogP) is 2.94. The molecule has 0 unspecified atom stereocenters. The number of anilines is 1. The molecule has 0 saturated carbocycles. The van der Waals surface area contributed by atoms with E-state index in [0.29, 0.717) is 0 Å². The number of benzene rings is 1. The van der Waals surface area contributed by atoms with Gasteiger partial charge in [-0.05, 0) is 51.3 Å². The zero-order chi connectivity index (χ0) is 12.5. The van der Waals surface area contributed by atoms with Gasteiger partial charge in [-0.3, -0.25) is 9.88 Å². The summed E-state index contributed by atoms with van der Waals surface area (Å²) in [5, 5.41) is 0. The van der Waals surface area contributed by atoms with Crippen LogP contribution in [-0.4, -0.2) is 9.88 Å². The van der Waals surface area contributed by atoms with Gasteiger partial charge in [0, 0.05) is 36.0 Å². The van der Waals surface area contributed by atoms with Gasteiger partial charge in [0.2, 0.25) is 0 Å². The van der Waals surface area contributed by atoms with Crippen LogP contribution in [0.5, 0.6) is 0 Å². The molecule has 0 atom stereocenters. The Morgan fingerprint density at radius 1 is 1.17 bits per heavy atom. The molecule has 2 N–H and O–H groups in total. The van der Waals surface area contributed by atoms with E-state index in [2.05, 4.69) is 44.0 Å². The summed E-state index contributed by atoms with van der Waals surface area (Å²) >= 11 is 3.40. The van der Waals surface area contributed by atoms with Crippen LogP contribution in [-0.2, 0) is 19.6 Å². The van der Waals surface area contributed by atoms with Crippen LogP contribution in [0.2, 0.25) is 0 Å². The summed E-state index contributed by atoms with van der Waals surface area (Å²) in [6, 6.07) is 10.3. The smallest absolute Gasteiger partial charge is 0.0545 e. The average Bonchev–Trinajstić information content (AvgIpc) is 2.73. The second kappa shape index (κ2) is 4.71. The average molecular weight is 304 g/mol. The number of pyridine rings is 1. The zero-order valence-corrected chi connectivity index (χ0v) is 11.5. The minimum Gasteiger partial charge on any atom is -0.399 e. The Labute approximate surface area is 115 Å². The van der Waals surface area contributed by atoms with Gasteiger partial charge >= 0.3 is 0 Å². The van der Waals surface area contributed by atoms with Gasteiger partial charge in [0.25, 0.3) is 0 Å². The normalized spacial score (nSPS) is 14.7. The fourth-order valence-corrected chi connectivity index (χ4v) is 2.56. The predicted molar refractivity (Wildman–Crippen MR) is 75.7 cm³/mol. The highest BCUT2D eigenvalue weighted by atomic mass is 79.9. The Bertz CT molecular complexity index is 566.